The van der Waals surface area contributed by atoms with Crippen molar-refractivity contribution in [2.75, 3.05) is 0 Å². The van der Waals surface area contributed by atoms with E-state index in [1.54, 1.807) is 20.8 Å². The van der Waals surface area contributed by atoms with Crippen LogP contribution in [0.5, 0.6) is 0 Å². The minimum atomic E-state index is -1.09. The zero-order valence-corrected chi connectivity index (χ0v) is 21.8. The first-order valence-electron chi connectivity index (χ1n) is 13.3. The largest absolute Gasteiger partial charge is 0.481 e. The lowest BCUT2D eigenvalue weighted by Crippen LogP contribution is -2.41. The Bertz CT molecular complexity index is 596. The van der Waals surface area contributed by atoms with Gasteiger partial charge in [-0.3, -0.25) is 14.4 Å². The summed E-state index contributed by atoms with van der Waals surface area (Å²) in [6.45, 7) is 5.42. The van der Waals surface area contributed by atoms with E-state index in [9.17, 15) is 24.3 Å². The molecule has 0 aliphatic carbocycles. The molecule has 0 radical (unpaired) electrons. The number of ketones is 1. The monoisotopic (exact) mass is 483 g/mol. The molecule has 34 heavy (non-hydrogen) atoms. The Kier molecular flexibility index (Phi) is 18.3. The summed E-state index contributed by atoms with van der Waals surface area (Å²) in [5.41, 5.74) is -0.501. The third kappa shape index (κ3) is 19.5. The van der Waals surface area contributed by atoms with Gasteiger partial charge in [0.1, 0.15) is 11.8 Å². The molecule has 0 spiro atoms. The Hall–Kier alpha value is -1.92. The predicted molar refractivity (Wildman–Crippen MR) is 135 cm³/mol. The molecule has 7 nitrogen and oxygen atoms in total. The average Bonchev–Trinajstić information content (AvgIpc) is 2.74. The fourth-order valence-corrected chi connectivity index (χ4v) is 3.86. The van der Waals surface area contributed by atoms with Crippen molar-refractivity contribution < 1.29 is 29.4 Å². The van der Waals surface area contributed by atoms with Gasteiger partial charge in [0.25, 0.3) is 0 Å². The number of carboxylic acids is 2. The Morgan fingerprint density at radius 2 is 1.00 bits per heavy atom. The van der Waals surface area contributed by atoms with Crippen molar-refractivity contribution in [2.45, 2.75) is 142 Å². The van der Waals surface area contributed by atoms with E-state index >= 15 is 0 Å². The highest BCUT2D eigenvalue weighted by molar-refractivity contribution is 5.86. The second-order valence-electron chi connectivity index (χ2n) is 10.5. The van der Waals surface area contributed by atoms with E-state index in [4.69, 9.17) is 5.11 Å². The van der Waals surface area contributed by atoms with Crippen LogP contribution in [-0.2, 0) is 19.2 Å². The Morgan fingerprint density at radius 3 is 1.35 bits per heavy atom. The van der Waals surface area contributed by atoms with Crippen LogP contribution in [-0.4, -0.2) is 39.9 Å². The van der Waals surface area contributed by atoms with Crippen LogP contribution in [0.15, 0.2) is 0 Å². The molecule has 0 heterocycles. The fraction of sp³-hybridized carbons (Fsp3) is 0.852. The van der Waals surface area contributed by atoms with Crippen LogP contribution in [0.1, 0.15) is 136 Å². The Balaban J connectivity index is 3.61. The highest BCUT2D eigenvalue weighted by atomic mass is 16.4. The van der Waals surface area contributed by atoms with Gasteiger partial charge in [0.05, 0.1) is 0 Å². The van der Waals surface area contributed by atoms with Crippen LogP contribution in [0.3, 0.4) is 0 Å². The summed E-state index contributed by atoms with van der Waals surface area (Å²) < 4.78 is 0. The van der Waals surface area contributed by atoms with Crippen LogP contribution >= 0.6 is 0 Å². The molecule has 0 unspecified atom stereocenters. The summed E-state index contributed by atoms with van der Waals surface area (Å²) in [4.78, 5) is 45.9. The van der Waals surface area contributed by atoms with Crippen molar-refractivity contribution >= 4 is 23.6 Å². The number of aliphatic carboxylic acids is 2. The van der Waals surface area contributed by atoms with E-state index in [1.807, 2.05) is 0 Å². The fourth-order valence-electron chi connectivity index (χ4n) is 3.86. The normalized spacial score (nSPS) is 12.3. The molecule has 0 aliphatic rings. The van der Waals surface area contributed by atoms with Crippen LogP contribution < -0.4 is 5.32 Å². The topological polar surface area (TPSA) is 121 Å². The molecule has 0 rings (SSSR count). The van der Waals surface area contributed by atoms with Gasteiger partial charge in [-0.25, -0.2) is 4.79 Å². The van der Waals surface area contributed by atoms with Gasteiger partial charge < -0.3 is 15.5 Å². The number of hydrogen-bond acceptors (Lipinski definition) is 4. The molecule has 7 heteroatoms. The molecule has 0 saturated carbocycles. The van der Waals surface area contributed by atoms with Crippen LogP contribution in [0.25, 0.3) is 0 Å². The molecule has 1 atom stereocenters. The molecular formula is C27H49NO6. The molecule has 0 saturated heterocycles. The van der Waals surface area contributed by atoms with Gasteiger partial charge in [0.2, 0.25) is 5.91 Å². The molecule has 198 valence electrons. The maximum atomic E-state index is 12.1. The minimum Gasteiger partial charge on any atom is -0.481 e. The van der Waals surface area contributed by atoms with Gasteiger partial charge in [-0.1, -0.05) is 97.8 Å². The first kappa shape index (κ1) is 32.1. The molecule has 3 N–H and O–H groups in total. The van der Waals surface area contributed by atoms with Crippen LogP contribution in [0.4, 0.5) is 0 Å². The SMILES string of the molecule is CC(C)(C)C(=O)CC[C@H](NC(=O)CCCCCCCCCCCCCCCCC(=O)O)C(=O)O. The van der Waals surface area contributed by atoms with Gasteiger partial charge in [-0.15, -0.1) is 0 Å². The number of carbonyl (C=O) groups is 4. The lowest BCUT2D eigenvalue weighted by Gasteiger charge is -2.19. The van der Waals surface area contributed by atoms with E-state index in [-0.39, 0.29) is 24.5 Å². The first-order chi connectivity index (χ1) is 16.0. The maximum Gasteiger partial charge on any atom is 0.326 e. The summed E-state index contributed by atoms with van der Waals surface area (Å²) in [6, 6.07) is -1.00. The van der Waals surface area contributed by atoms with Gasteiger partial charge in [-0.05, 0) is 19.3 Å². The lowest BCUT2D eigenvalue weighted by atomic mass is 9.87. The number of carboxylic acid groups (broad SMARTS) is 2. The van der Waals surface area contributed by atoms with Crippen molar-refractivity contribution in [3.05, 3.63) is 0 Å². The van der Waals surface area contributed by atoms with Crippen molar-refractivity contribution in [1.29, 1.82) is 0 Å². The van der Waals surface area contributed by atoms with E-state index in [0.29, 0.717) is 12.8 Å². The van der Waals surface area contributed by atoms with Crippen molar-refractivity contribution in [2.24, 2.45) is 5.41 Å². The number of hydrogen-bond donors (Lipinski definition) is 3. The highest BCUT2D eigenvalue weighted by Crippen LogP contribution is 2.18. The molecule has 0 aromatic rings. The Morgan fingerprint density at radius 1 is 0.618 bits per heavy atom. The van der Waals surface area contributed by atoms with Crippen LogP contribution in [0, 0.1) is 5.41 Å². The zero-order valence-electron chi connectivity index (χ0n) is 21.8. The summed E-state index contributed by atoms with van der Waals surface area (Å²) in [7, 11) is 0. The molecule has 0 aromatic carbocycles. The van der Waals surface area contributed by atoms with Crippen molar-refractivity contribution in [1.82, 2.24) is 5.32 Å². The molecule has 0 fully saturated rings. The maximum absolute atomic E-state index is 12.1. The first-order valence-corrected chi connectivity index (χ1v) is 13.3. The second kappa shape index (κ2) is 19.4. The van der Waals surface area contributed by atoms with E-state index in [0.717, 1.165) is 44.9 Å². The summed E-state index contributed by atoms with van der Waals surface area (Å²) in [5, 5.41) is 20.5. The molecule has 1 amide bonds. The molecule has 0 bridgehead atoms. The summed E-state index contributed by atoms with van der Waals surface area (Å²) in [6.07, 6.45) is 16.5. The van der Waals surface area contributed by atoms with E-state index in [2.05, 4.69) is 5.32 Å². The van der Waals surface area contributed by atoms with E-state index < -0.39 is 23.4 Å². The van der Waals surface area contributed by atoms with Gasteiger partial charge in [-0.2, -0.15) is 0 Å². The zero-order chi connectivity index (χ0) is 25.8. The average molecular weight is 484 g/mol. The number of Topliss-reactive ketones (excluding diaryl/α,β-unsaturated/α-hetero) is 1. The molecule has 0 aromatic heterocycles. The number of amides is 1. The number of carbonyl (C=O) groups excluding carboxylic acids is 2. The van der Waals surface area contributed by atoms with Gasteiger partial charge in [0, 0.05) is 24.7 Å². The minimum absolute atomic E-state index is 0.00189. The number of nitrogens with one attached hydrogen (secondary N) is 1. The van der Waals surface area contributed by atoms with E-state index in [1.165, 1.54) is 44.9 Å². The standard InChI is InChI=1S/C27H49NO6/c1-27(2,3)23(29)21-20-22(26(33)34)28-24(30)18-16-14-12-10-8-6-4-5-7-9-11-13-15-17-19-25(31)32/h22H,4-21H2,1-3H3,(H,28,30)(H,31,32)(H,33,34)/t22-/m0/s1. The Labute approximate surface area is 206 Å². The second-order valence-corrected chi connectivity index (χ2v) is 10.5. The third-order valence-corrected chi connectivity index (χ3v) is 6.17. The highest BCUT2D eigenvalue weighted by Gasteiger charge is 2.25. The quantitative estimate of drug-likeness (QED) is 0.156. The number of unbranched alkanes of at least 4 members (excludes halogenated alkanes) is 13. The number of rotatable bonds is 22. The van der Waals surface area contributed by atoms with Gasteiger partial charge >= 0.3 is 11.9 Å². The van der Waals surface area contributed by atoms with Gasteiger partial charge in [0.15, 0.2) is 0 Å². The smallest absolute Gasteiger partial charge is 0.326 e. The summed E-state index contributed by atoms with van der Waals surface area (Å²) >= 11 is 0. The predicted octanol–water partition coefficient (Wildman–Crippen LogP) is 6.28. The molecular weight excluding hydrogens is 434 g/mol. The van der Waals surface area contributed by atoms with Crippen LogP contribution in [0.2, 0.25) is 0 Å². The summed E-state index contributed by atoms with van der Waals surface area (Å²) in [5.74, 6) is -2.04. The molecule has 0 aliphatic heterocycles. The van der Waals surface area contributed by atoms with Crippen molar-refractivity contribution in [3.63, 3.8) is 0 Å². The lowest BCUT2D eigenvalue weighted by molar-refractivity contribution is -0.142. The van der Waals surface area contributed by atoms with Crippen molar-refractivity contribution in [3.8, 4) is 0 Å². The third-order valence-electron chi connectivity index (χ3n) is 6.17.